The lowest BCUT2D eigenvalue weighted by molar-refractivity contribution is -0.116. The summed E-state index contributed by atoms with van der Waals surface area (Å²) >= 11 is 0. The summed E-state index contributed by atoms with van der Waals surface area (Å²) in [5.74, 6) is 0.0272. The molecule has 0 aliphatic heterocycles. The Morgan fingerprint density at radius 1 is 1.47 bits per heavy atom. The van der Waals surface area contributed by atoms with Gasteiger partial charge in [-0.3, -0.25) is 9.78 Å². The summed E-state index contributed by atoms with van der Waals surface area (Å²) in [4.78, 5) is 16.0. The number of nitrogens with two attached hydrogens (primary N) is 1. The van der Waals surface area contributed by atoms with Crippen LogP contribution in [0.25, 0.3) is 0 Å². The minimum atomic E-state index is 0.0272. The van der Waals surface area contributed by atoms with Gasteiger partial charge in [0.2, 0.25) is 5.91 Å². The van der Waals surface area contributed by atoms with Gasteiger partial charge in [0.1, 0.15) is 0 Å². The highest BCUT2D eigenvalue weighted by Gasteiger charge is 2.06. The topological polar surface area (TPSA) is 68.0 Å². The molecule has 0 saturated carbocycles. The average molecular weight is 235 g/mol. The number of carbonyl (C=O) groups excluding carboxylic acids is 1. The number of nitrogens with one attached hydrogen (secondary N) is 1. The third kappa shape index (κ3) is 4.95. The second kappa shape index (κ2) is 6.35. The monoisotopic (exact) mass is 235 g/mol. The highest BCUT2D eigenvalue weighted by atomic mass is 16.1. The largest absolute Gasteiger partial charge is 0.328 e. The van der Waals surface area contributed by atoms with Gasteiger partial charge in [-0.2, -0.15) is 0 Å². The normalized spacial score (nSPS) is 12.2. The van der Waals surface area contributed by atoms with Gasteiger partial charge in [0.25, 0.3) is 0 Å². The lowest BCUT2D eigenvalue weighted by Crippen LogP contribution is -2.17. The summed E-state index contributed by atoms with van der Waals surface area (Å²) in [5, 5.41) is 2.87. The first kappa shape index (κ1) is 13.6. The fourth-order valence-corrected chi connectivity index (χ4v) is 1.62. The van der Waals surface area contributed by atoms with Crippen molar-refractivity contribution in [3.63, 3.8) is 0 Å². The molecule has 4 heteroatoms. The van der Waals surface area contributed by atoms with Crippen LogP contribution in [0.3, 0.4) is 0 Å². The molecule has 0 saturated heterocycles. The predicted molar refractivity (Wildman–Crippen MR) is 69.8 cm³/mol. The van der Waals surface area contributed by atoms with Crippen molar-refractivity contribution in [3.05, 3.63) is 23.5 Å². The van der Waals surface area contributed by atoms with Crippen LogP contribution in [0, 0.1) is 13.8 Å². The molecule has 1 rings (SSSR count). The van der Waals surface area contributed by atoms with Crippen molar-refractivity contribution in [3.8, 4) is 0 Å². The zero-order valence-electron chi connectivity index (χ0n) is 10.8. The van der Waals surface area contributed by atoms with Crippen molar-refractivity contribution < 1.29 is 4.79 Å². The Balaban J connectivity index is 2.45. The molecule has 0 fully saturated rings. The minimum Gasteiger partial charge on any atom is -0.328 e. The number of rotatable bonds is 5. The quantitative estimate of drug-likeness (QED) is 0.821. The van der Waals surface area contributed by atoms with Gasteiger partial charge in [-0.05, 0) is 45.7 Å². The Labute approximate surface area is 103 Å². The molecular formula is C13H21N3O. The van der Waals surface area contributed by atoms with Crippen molar-refractivity contribution in [2.24, 2.45) is 5.73 Å². The lowest BCUT2D eigenvalue weighted by atomic mass is 10.1. The van der Waals surface area contributed by atoms with Gasteiger partial charge in [-0.25, -0.2) is 0 Å². The van der Waals surface area contributed by atoms with Crippen LogP contribution in [0.5, 0.6) is 0 Å². The van der Waals surface area contributed by atoms with Gasteiger partial charge >= 0.3 is 0 Å². The van der Waals surface area contributed by atoms with Gasteiger partial charge in [-0.1, -0.05) is 0 Å². The van der Waals surface area contributed by atoms with E-state index in [1.165, 1.54) is 0 Å². The smallest absolute Gasteiger partial charge is 0.224 e. The van der Waals surface area contributed by atoms with Gasteiger partial charge in [0.15, 0.2) is 0 Å². The van der Waals surface area contributed by atoms with Crippen molar-refractivity contribution in [2.75, 3.05) is 5.32 Å². The summed E-state index contributed by atoms with van der Waals surface area (Å²) in [7, 11) is 0. The van der Waals surface area contributed by atoms with E-state index in [1.807, 2.05) is 32.9 Å². The Morgan fingerprint density at radius 2 is 2.18 bits per heavy atom. The van der Waals surface area contributed by atoms with Gasteiger partial charge < -0.3 is 11.1 Å². The molecule has 94 valence electrons. The molecule has 4 nitrogen and oxygen atoms in total. The summed E-state index contributed by atoms with van der Waals surface area (Å²) in [6.07, 6.45) is 2.20. The zero-order chi connectivity index (χ0) is 12.8. The summed E-state index contributed by atoms with van der Waals surface area (Å²) in [6, 6.07) is 3.94. The van der Waals surface area contributed by atoms with Crippen LogP contribution < -0.4 is 11.1 Å². The third-order valence-electron chi connectivity index (χ3n) is 2.56. The first-order valence-corrected chi connectivity index (χ1v) is 5.98. The van der Waals surface area contributed by atoms with Crippen LogP contribution in [-0.4, -0.2) is 16.9 Å². The molecule has 0 aliphatic rings. The standard InChI is InChI=1S/C13H21N3O/c1-9(14)5-4-6-13(17)16-12-8-7-10(2)15-11(12)3/h7-9H,4-6,14H2,1-3H3,(H,16,17). The second-order valence-electron chi connectivity index (χ2n) is 4.50. The maximum absolute atomic E-state index is 11.7. The molecule has 17 heavy (non-hydrogen) atoms. The molecule has 1 aromatic heterocycles. The van der Waals surface area contributed by atoms with E-state index in [4.69, 9.17) is 5.73 Å². The van der Waals surface area contributed by atoms with E-state index in [9.17, 15) is 4.79 Å². The van der Waals surface area contributed by atoms with Crippen molar-refractivity contribution in [1.29, 1.82) is 0 Å². The maximum atomic E-state index is 11.7. The first-order valence-electron chi connectivity index (χ1n) is 5.98. The molecule has 0 aromatic carbocycles. The molecule has 1 aromatic rings. The van der Waals surface area contributed by atoms with E-state index in [1.54, 1.807) is 0 Å². The number of anilines is 1. The van der Waals surface area contributed by atoms with Crippen molar-refractivity contribution >= 4 is 11.6 Å². The number of carbonyl (C=O) groups is 1. The number of aryl methyl sites for hydroxylation is 2. The van der Waals surface area contributed by atoms with Crippen LogP contribution in [0.4, 0.5) is 5.69 Å². The number of hydrogen-bond acceptors (Lipinski definition) is 3. The Bertz CT molecular complexity index is 388. The minimum absolute atomic E-state index is 0.0272. The molecule has 1 amide bonds. The second-order valence-corrected chi connectivity index (χ2v) is 4.50. The van der Waals surface area contributed by atoms with E-state index < -0.39 is 0 Å². The average Bonchev–Trinajstić information content (AvgIpc) is 2.21. The molecule has 0 aliphatic carbocycles. The SMILES string of the molecule is Cc1ccc(NC(=O)CCCC(C)N)c(C)n1. The summed E-state index contributed by atoms with van der Waals surface area (Å²) < 4.78 is 0. The zero-order valence-corrected chi connectivity index (χ0v) is 10.8. The number of pyridine rings is 1. The molecule has 0 radical (unpaired) electrons. The van der Waals surface area contributed by atoms with Crippen molar-refractivity contribution in [2.45, 2.75) is 46.1 Å². The van der Waals surface area contributed by atoms with Crippen LogP contribution in [0.1, 0.15) is 37.6 Å². The van der Waals surface area contributed by atoms with E-state index in [-0.39, 0.29) is 11.9 Å². The number of hydrogen-bond donors (Lipinski definition) is 2. The number of aromatic nitrogens is 1. The Hall–Kier alpha value is -1.42. The molecule has 1 atom stereocenters. The van der Waals surface area contributed by atoms with E-state index in [0.717, 1.165) is 29.9 Å². The molecule has 1 unspecified atom stereocenters. The third-order valence-corrected chi connectivity index (χ3v) is 2.56. The first-order chi connectivity index (χ1) is 7.99. The van der Waals surface area contributed by atoms with Crippen molar-refractivity contribution in [1.82, 2.24) is 4.98 Å². The van der Waals surface area contributed by atoms with Gasteiger partial charge in [-0.15, -0.1) is 0 Å². The Morgan fingerprint density at radius 3 is 2.76 bits per heavy atom. The highest BCUT2D eigenvalue weighted by molar-refractivity contribution is 5.91. The van der Waals surface area contributed by atoms with Crippen LogP contribution in [-0.2, 0) is 4.79 Å². The fourth-order valence-electron chi connectivity index (χ4n) is 1.62. The van der Waals surface area contributed by atoms with Crippen LogP contribution in [0.2, 0.25) is 0 Å². The molecule has 3 N–H and O–H groups in total. The lowest BCUT2D eigenvalue weighted by Gasteiger charge is -2.09. The van der Waals surface area contributed by atoms with Gasteiger partial charge in [0.05, 0.1) is 11.4 Å². The fraction of sp³-hybridized carbons (Fsp3) is 0.538. The highest BCUT2D eigenvalue weighted by Crippen LogP contribution is 2.13. The summed E-state index contributed by atoms with van der Waals surface area (Å²) in [5.41, 5.74) is 8.23. The van der Waals surface area contributed by atoms with E-state index >= 15 is 0 Å². The molecule has 0 bridgehead atoms. The molecular weight excluding hydrogens is 214 g/mol. The maximum Gasteiger partial charge on any atom is 0.224 e. The van der Waals surface area contributed by atoms with Crippen LogP contribution in [0.15, 0.2) is 12.1 Å². The molecule has 0 spiro atoms. The number of amides is 1. The predicted octanol–water partition coefficient (Wildman–Crippen LogP) is 2.15. The Kier molecular flexibility index (Phi) is 5.10. The van der Waals surface area contributed by atoms with Gasteiger partial charge in [0, 0.05) is 18.2 Å². The van der Waals surface area contributed by atoms with Crippen LogP contribution >= 0.6 is 0 Å². The number of nitrogens with zero attached hydrogens (tertiary/aromatic N) is 1. The molecule has 1 heterocycles. The van der Waals surface area contributed by atoms with E-state index in [0.29, 0.717) is 6.42 Å². The summed E-state index contributed by atoms with van der Waals surface area (Å²) in [6.45, 7) is 5.78. The van der Waals surface area contributed by atoms with E-state index in [2.05, 4.69) is 10.3 Å².